The van der Waals surface area contributed by atoms with Gasteiger partial charge >= 0.3 is 5.97 Å². The number of hydrogen-bond acceptors (Lipinski definition) is 30. The number of aromatic nitrogens is 5. The summed E-state index contributed by atoms with van der Waals surface area (Å²) in [6.07, 6.45) is -2.78. The molecule has 0 spiro atoms. The van der Waals surface area contributed by atoms with Gasteiger partial charge in [0.2, 0.25) is 29.5 Å². The highest BCUT2D eigenvalue weighted by Gasteiger charge is 2.52. The molecule has 576 valence electrons. The molecule has 0 saturated carbocycles. The quantitative estimate of drug-likeness (QED) is 0.0559. The third-order valence-corrected chi connectivity index (χ3v) is 23.9. The zero-order valence-electron chi connectivity index (χ0n) is 59.8. The number of ether oxygens (including phenoxy) is 1. The lowest BCUT2D eigenvalue weighted by Gasteiger charge is -2.46. The van der Waals surface area contributed by atoms with Crippen LogP contribution in [0.15, 0.2) is 75.0 Å². The third kappa shape index (κ3) is 17.5. The Morgan fingerprint density at radius 1 is 0.787 bits per heavy atom. The number of hydrogen-bond donors (Lipinski definition) is 17. The molecule has 108 heavy (non-hydrogen) atoms. The topological polar surface area (TPSA) is 516 Å². The summed E-state index contributed by atoms with van der Waals surface area (Å²) >= 11 is 11.1. The molecule has 40 heteroatoms. The fourth-order valence-corrected chi connectivity index (χ4v) is 17.4. The molecule has 9 heterocycles. The fourth-order valence-electron chi connectivity index (χ4n) is 12.2. The van der Waals surface area contributed by atoms with Gasteiger partial charge in [-0.15, -0.1) is 57.1 Å². The van der Waals surface area contributed by atoms with Crippen LogP contribution in [0, 0.1) is 5.92 Å². The Hall–Kier alpha value is -9.04. The molecule has 10 rings (SSSR count). The van der Waals surface area contributed by atoms with Crippen molar-refractivity contribution in [3.63, 3.8) is 0 Å². The van der Waals surface area contributed by atoms with Crippen molar-refractivity contribution in [3.8, 4) is 0 Å². The van der Waals surface area contributed by atoms with Crippen LogP contribution in [0.5, 0.6) is 0 Å². The lowest BCUT2D eigenvalue weighted by atomic mass is 9.78. The van der Waals surface area contributed by atoms with Crippen LogP contribution in [0.1, 0.15) is 198 Å². The van der Waals surface area contributed by atoms with Gasteiger partial charge < -0.3 is 83.9 Å². The number of carbonyl (C=O) groups is 10. The van der Waals surface area contributed by atoms with Gasteiger partial charge in [-0.05, 0) is 85.8 Å². The third-order valence-electron chi connectivity index (χ3n) is 18.7. The van der Waals surface area contributed by atoms with Crippen molar-refractivity contribution in [2.24, 2.45) is 16.6 Å². The second-order valence-corrected chi connectivity index (χ2v) is 31.9. The first-order chi connectivity index (χ1) is 50.9. The van der Waals surface area contributed by atoms with Crippen LogP contribution in [-0.2, 0) is 43.8 Å². The number of esters is 1. The molecule has 11 unspecified atom stereocenters. The Balaban J connectivity index is 1.17. The number of cyclic esters (lactones) is 1. The van der Waals surface area contributed by atoms with Crippen LogP contribution in [0.25, 0.3) is 6.08 Å². The minimum Gasteiger partial charge on any atom is -0.455 e. The van der Waals surface area contributed by atoms with E-state index in [1.165, 1.54) is 76.7 Å². The van der Waals surface area contributed by atoms with Crippen LogP contribution in [-0.4, -0.2) is 186 Å². The number of amides is 9. The summed E-state index contributed by atoms with van der Waals surface area (Å²) in [4.78, 5) is 170. The van der Waals surface area contributed by atoms with E-state index in [0.717, 1.165) is 57.1 Å². The molecule has 4 aliphatic heterocycles. The van der Waals surface area contributed by atoms with E-state index >= 15 is 9.59 Å². The minimum atomic E-state index is -2.12. The number of carbonyl (C=O) groups excluding carboxylic acids is 10. The van der Waals surface area contributed by atoms with E-state index in [4.69, 9.17) is 37.6 Å². The Kier molecular flexibility index (Phi) is 25.2. The Labute approximate surface area is 644 Å². The first-order valence-electron chi connectivity index (χ1n) is 34.0. The van der Waals surface area contributed by atoms with Crippen molar-refractivity contribution in [1.82, 2.24) is 83.4 Å². The number of thiocarbonyl (C=S) groups is 1. The second-order valence-electron chi connectivity index (χ2n) is 27.0. The number of aliphatic hydroxyl groups is 5. The SMILES string of the molecule is C=C(NC(=O)c1csc([C@H]2CCC34NC(=O)[C@H](C)NC(=O)C(=C)NC(=O)C(C)NC(=O)C(C(C)C)N[C@@H]5C=Cc6c(C(C)O)cc(nc6[C@H]5O)C(=O)OC(C)C(NC(=S)c5csc(n5)C(C(C)(O)C(C)O)NC(=O)[C@H]5CSC(=N5)/C(=C/C)NC(=O)C(C(C)O)NC(=O)c5csc3n5)c3nc(cs3)[C@H]4N2)n1)C(N)=O. The predicted molar refractivity (Wildman–Crippen MR) is 403 cm³/mol. The number of aliphatic hydroxyl groups excluding tert-OH is 4. The number of allylic oxidation sites excluding steroid dienone is 1. The molecular formula is C68H82N18O16S6. The van der Waals surface area contributed by atoms with Crippen LogP contribution in [0.3, 0.4) is 0 Å². The fraction of sp³-hybridized carbons (Fsp3) is 0.456. The Morgan fingerprint density at radius 3 is 2.16 bits per heavy atom. The molecule has 1 aliphatic carbocycles. The second kappa shape index (κ2) is 33.4. The van der Waals surface area contributed by atoms with Gasteiger partial charge in [0.25, 0.3) is 23.6 Å². The average Bonchev–Trinajstić information content (AvgIpc) is 1.50. The van der Waals surface area contributed by atoms with Gasteiger partial charge in [-0.2, -0.15) is 0 Å². The molecule has 18 N–H and O–H groups in total. The smallest absolute Gasteiger partial charge is 0.357 e. The van der Waals surface area contributed by atoms with Gasteiger partial charge in [0.1, 0.15) is 112 Å². The van der Waals surface area contributed by atoms with E-state index in [9.17, 15) is 63.9 Å². The summed E-state index contributed by atoms with van der Waals surface area (Å²) in [6, 6.07) is -11.5. The number of nitrogens with two attached hydrogens (primary N) is 1. The maximum Gasteiger partial charge on any atom is 0.357 e. The van der Waals surface area contributed by atoms with E-state index in [2.05, 4.69) is 86.6 Å². The molecule has 5 aliphatic rings. The van der Waals surface area contributed by atoms with E-state index < -0.39 is 179 Å². The van der Waals surface area contributed by atoms with Crippen molar-refractivity contribution in [2.75, 3.05) is 5.75 Å². The highest BCUT2D eigenvalue weighted by atomic mass is 32.2. The molecule has 1 fully saturated rings. The molecule has 5 aromatic heterocycles. The number of thiazole rings is 4. The summed E-state index contributed by atoms with van der Waals surface area (Å²) in [6.45, 7) is 21.8. The Bertz CT molecular complexity index is 4540. The van der Waals surface area contributed by atoms with Gasteiger partial charge in [0, 0.05) is 32.8 Å². The summed E-state index contributed by atoms with van der Waals surface area (Å²) in [5, 5.41) is 95.5. The van der Waals surface area contributed by atoms with Crippen molar-refractivity contribution < 1.29 is 78.2 Å². The average molecular weight is 1600 g/mol. The highest BCUT2D eigenvalue weighted by molar-refractivity contribution is 8.14. The lowest BCUT2D eigenvalue weighted by molar-refractivity contribution is -0.131. The molecule has 1 saturated heterocycles. The molecule has 0 radical (unpaired) electrons. The van der Waals surface area contributed by atoms with Crippen molar-refractivity contribution in [3.05, 3.63) is 135 Å². The molecule has 13 bridgehead atoms. The van der Waals surface area contributed by atoms with E-state index in [1.807, 2.05) is 0 Å². The first kappa shape index (κ1) is 81.5. The number of thioether (sulfide) groups is 1. The standard InChI is InChI=1S/C68H82N18O16S6/c1-13-35-61-79-41(21-104-61)57(97)85-50(67(12,101)32(11)89)64-81-43(23-107-64)60(103)84-46-31(10)102-65(100)38-18-34(29(8)87)33-14-15-36(48(90)47(33)75-38)74-44(24(2)3)58(98)73-27(6)53(93)71-26(5)52(92)72-28(7)54(94)86-68(66-82-42(22-108-66)56(96)83-45(30(9)88)59(99)77-35)17-16-37(76-49(68)39-19-106-63(46)78-39)62-80-40(20-105-62)55(95)70-25(4)51(69)91/h13-15,18-20,22-24,27-32,36-37,41,44-46,48-50,74,76,87-90,101H,4-5,16-17,21H2,1-3,6-12H3,(H2,69,91)(H,70,95)(H,71,93)(H,72,92)(H,73,98)(H,77,99)(H,83,96)(H,84,103)(H,85,97)(H,86,94)/b35-13-/t27?,28-,29?,30?,31?,32?,36+,37+,41+,44?,45?,46?,48-,49+,50?,67?,68?/m0/s1. The molecular weight excluding hydrogens is 1520 g/mol. The first-order valence-corrected chi connectivity index (χ1v) is 38.9. The lowest BCUT2D eigenvalue weighted by Crippen LogP contribution is -2.61. The number of primary amides is 1. The van der Waals surface area contributed by atoms with Crippen LogP contribution < -0.4 is 64.2 Å². The monoisotopic (exact) mass is 1600 g/mol. The number of fused-ring (bicyclic) bond motifs is 7. The van der Waals surface area contributed by atoms with Crippen molar-refractivity contribution in [2.45, 2.75) is 184 Å². The largest absolute Gasteiger partial charge is 0.455 e. The van der Waals surface area contributed by atoms with Gasteiger partial charge in [-0.3, -0.25) is 58.8 Å². The zero-order chi connectivity index (χ0) is 78.9. The summed E-state index contributed by atoms with van der Waals surface area (Å²) < 4.78 is 6.35. The number of nitrogens with one attached hydrogen (secondary N) is 11. The molecule has 5 aromatic rings. The minimum absolute atomic E-state index is 0.0118. The number of aliphatic imine (C=N–C) groups is 1. The normalized spacial score (nSPS) is 28.3. The van der Waals surface area contributed by atoms with Gasteiger partial charge in [-0.1, -0.05) is 57.5 Å². The van der Waals surface area contributed by atoms with E-state index in [-0.39, 0.29) is 94.6 Å². The Morgan fingerprint density at radius 2 is 1.48 bits per heavy atom. The maximum atomic E-state index is 15.3. The number of nitrogens with zero attached hydrogens (tertiary/aromatic N) is 6. The molecule has 9 amide bonds. The van der Waals surface area contributed by atoms with Crippen LogP contribution in [0.4, 0.5) is 0 Å². The number of rotatable bonds is 9. The van der Waals surface area contributed by atoms with Gasteiger partial charge in [0.15, 0.2) is 0 Å². The van der Waals surface area contributed by atoms with Crippen LogP contribution in [0.2, 0.25) is 0 Å². The summed E-state index contributed by atoms with van der Waals surface area (Å²) in [5.74, 6) is -9.52. The molecule has 17 atom stereocenters. The highest BCUT2D eigenvalue weighted by Crippen LogP contribution is 2.48. The van der Waals surface area contributed by atoms with Crippen molar-refractivity contribution >= 4 is 145 Å². The van der Waals surface area contributed by atoms with E-state index in [1.54, 1.807) is 38.3 Å². The number of pyridine rings is 1. The molecule has 34 nitrogen and oxygen atoms in total. The maximum absolute atomic E-state index is 15.3. The van der Waals surface area contributed by atoms with E-state index in [0.29, 0.717) is 5.01 Å². The van der Waals surface area contributed by atoms with Gasteiger partial charge in [-0.25, -0.2) is 29.7 Å². The zero-order valence-corrected chi connectivity index (χ0v) is 64.7. The van der Waals surface area contributed by atoms with Gasteiger partial charge in [0.05, 0.1) is 71.0 Å². The molecule has 0 aromatic carbocycles. The predicted octanol–water partition coefficient (Wildman–Crippen LogP) is 1.13. The number of piperidine rings is 1. The van der Waals surface area contributed by atoms with Crippen LogP contribution >= 0.6 is 69.3 Å². The summed E-state index contributed by atoms with van der Waals surface area (Å²) in [7, 11) is 0. The van der Waals surface area contributed by atoms with Crippen molar-refractivity contribution in [1.29, 1.82) is 0 Å². The summed E-state index contributed by atoms with van der Waals surface area (Å²) in [5.41, 5.74) is 0.162.